The van der Waals surface area contributed by atoms with Gasteiger partial charge in [0.1, 0.15) is 11.7 Å². The number of hydrogen-bond acceptors (Lipinski definition) is 10. The van der Waals surface area contributed by atoms with E-state index in [4.69, 9.17) is 14.2 Å². The van der Waals surface area contributed by atoms with Crippen molar-refractivity contribution in [2.75, 3.05) is 26.2 Å². The molecule has 3 rings (SSSR count). The summed E-state index contributed by atoms with van der Waals surface area (Å²) in [4.78, 5) is 30.1. The molecule has 2 fully saturated rings. The molecular formula is C37H62N2O9. The summed E-state index contributed by atoms with van der Waals surface area (Å²) in [5.41, 5.74) is -1.95. The van der Waals surface area contributed by atoms with Gasteiger partial charge in [-0.2, -0.15) is 0 Å². The van der Waals surface area contributed by atoms with Crippen LogP contribution in [0.15, 0.2) is 36.0 Å². The van der Waals surface area contributed by atoms with E-state index in [1.54, 1.807) is 49.1 Å². The number of nitrogens with zero attached hydrogens (tertiary/aromatic N) is 2. The first-order valence-electron chi connectivity index (χ1n) is 17.6. The van der Waals surface area contributed by atoms with Crippen LogP contribution in [0.25, 0.3) is 0 Å². The number of carbonyl (C=O) groups excluding carboxylic acids is 2. The molecule has 0 aromatic heterocycles. The lowest BCUT2D eigenvalue weighted by Gasteiger charge is -2.42. The van der Waals surface area contributed by atoms with Gasteiger partial charge in [-0.05, 0) is 72.5 Å². The van der Waals surface area contributed by atoms with Gasteiger partial charge in [0.25, 0.3) is 0 Å². The van der Waals surface area contributed by atoms with E-state index in [1.807, 2.05) is 27.7 Å². The fourth-order valence-electron chi connectivity index (χ4n) is 6.55. The van der Waals surface area contributed by atoms with Gasteiger partial charge in [-0.1, -0.05) is 45.1 Å². The van der Waals surface area contributed by atoms with Crippen LogP contribution in [0, 0.1) is 11.8 Å². The highest BCUT2D eigenvalue weighted by Gasteiger charge is 2.47. The molecule has 11 nitrogen and oxygen atoms in total. The second kappa shape index (κ2) is 16.6. The predicted molar refractivity (Wildman–Crippen MR) is 184 cm³/mol. The van der Waals surface area contributed by atoms with Crippen LogP contribution in [0.3, 0.4) is 0 Å². The maximum Gasteiger partial charge on any atom is 0.410 e. The number of epoxide rings is 1. The third-order valence-corrected chi connectivity index (χ3v) is 10.1. The van der Waals surface area contributed by atoms with Crippen molar-refractivity contribution in [2.24, 2.45) is 11.8 Å². The SMILES string of the molecule is CCC(O)C(C)C1OC1CC(C)(O)/C=C/C=C(\C)C1OC(=O)CC(O)CCC(C)(O)C(OC(=O)N2CCN(C(C)(C)C)CC2)/C=C/C1C. The molecule has 11 heteroatoms. The number of allylic oxidation sites excluding steroid dienone is 2. The highest BCUT2D eigenvalue weighted by molar-refractivity contribution is 5.70. The normalized spacial score (nSPS) is 34.7. The van der Waals surface area contributed by atoms with E-state index in [0.29, 0.717) is 31.5 Å². The fraction of sp³-hybridized carbons (Fsp3) is 0.784. The molecule has 0 aromatic carbocycles. The monoisotopic (exact) mass is 678 g/mol. The average molecular weight is 679 g/mol. The molecule has 1 amide bonds. The van der Waals surface area contributed by atoms with Gasteiger partial charge in [0.2, 0.25) is 0 Å². The first-order valence-corrected chi connectivity index (χ1v) is 17.6. The lowest BCUT2D eigenvalue weighted by atomic mass is 9.88. The molecule has 4 N–H and O–H groups in total. The molecule has 10 unspecified atom stereocenters. The molecule has 0 aromatic rings. The van der Waals surface area contributed by atoms with E-state index < -0.39 is 47.7 Å². The average Bonchev–Trinajstić information content (AvgIpc) is 3.76. The molecule has 48 heavy (non-hydrogen) atoms. The molecule has 0 radical (unpaired) electrons. The quantitative estimate of drug-likeness (QED) is 0.121. The number of carbonyl (C=O) groups is 2. The van der Waals surface area contributed by atoms with Crippen molar-refractivity contribution in [1.29, 1.82) is 0 Å². The molecule has 10 atom stereocenters. The topological polar surface area (TPSA) is 153 Å². The van der Waals surface area contributed by atoms with E-state index >= 15 is 0 Å². The number of aliphatic hydroxyl groups is 4. The van der Waals surface area contributed by atoms with Gasteiger partial charge in [0.15, 0.2) is 6.10 Å². The first kappa shape index (κ1) is 40.2. The third-order valence-electron chi connectivity index (χ3n) is 10.1. The first-order chi connectivity index (χ1) is 22.2. The number of amides is 1. The highest BCUT2D eigenvalue weighted by atomic mass is 16.6. The summed E-state index contributed by atoms with van der Waals surface area (Å²) in [6.45, 7) is 19.8. The zero-order chi connectivity index (χ0) is 36.0. The zero-order valence-electron chi connectivity index (χ0n) is 30.6. The largest absolute Gasteiger partial charge is 0.457 e. The van der Waals surface area contributed by atoms with Crippen molar-refractivity contribution in [3.63, 3.8) is 0 Å². The van der Waals surface area contributed by atoms with Crippen LogP contribution < -0.4 is 0 Å². The Hall–Kier alpha value is -2.28. The smallest absolute Gasteiger partial charge is 0.410 e. The van der Waals surface area contributed by atoms with Gasteiger partial charge < -0.3 is 39.5 Å². The molecule has 274 valence electrons. The van der Waals surface area contributed by atoms with Gasteiger partial charge in [-0.15, -0.1) is 0 Å². The molecule has 0 bridgehead atoms. The number of aliphatic hydroxyl groups excluding tert-OH is 2. The third kappa shape index (κ3) is 11.7. The van der Waals surface area contributed by atoms with Gasteiger partial charge in [0, 0.05) is 50.0 Å². The lowest BCUT2D eigenvalue weighted by molar-refractivity contribution is -0.151. The second-order valence-corrected chi connectivity index (χ2v) is 15.7. The van der Waals surface area contributed by atoms with Crippen molar-refractivity contribution >= 4 is 12.1 Å². The van der Waals surface area contributed by atoms with E-state index in [2.05, 4.69) is 25.7 Å². The maximum absolute atomic E-state index is 13.3. The van der Waals surface area contributed by atoms with Crippen molar-refractivity contribution in [1.82, 2.24) is 9.80 Å². The van der Waals surface area contributed by atoms with Crippen LogP contribution >= 0.6 is 0 Å². The molecule has 3 aliphatic rings. The minimum atomic E-state index is -1.49. The van der Waals surface area contributed by atoms with Crippen LogP contribution in [-0.4, -0.2) is 122 Å². The van der Waals surface area contributed by atoms with E-state index in [9.17, 15) is 30.0 Å². The Labute approximate surface area is 287 Å². The summed E-state index contributed by atoms with van der Waals surface area (Å²) < 4.78 is 17.5. The standard InChI is InChI=1S/C37H62N2O9/c1-10-28(41)26(4)33-29(46-33)23-36(8,44)16-11-12-24(2)32-25(3)13-14-30(37(9,45)17-15-27(40)22-31(42)48-32)47-34(43)38-18-20-39(21-19-38)35(5,6)7/h11-14,16,25-30,32-33,40-41,44-45H,10,15,17-23H2,1-9H3/b14-13+,16-11+,24-12+. The van der Waals surface area contributed by atoms with Crippen LogP contribution in [0.5, 0.6) is 0 Å². The van der Waals surface area contributed by atoms with Crippen LogP contribution in [0.2, 0.25) is 0 Å². The van der Waals surface area contributed by atoms with E-state index in [0.717, 1.165) is 13.1 Å². The summed E-state index contributed by atoms with van der Waals surface area (Å²) in [5.74, 6) is -0.953. The minimum absolute atomic E-state index is 0.000235. The number of rotatable bonds is 9. The molecule has 3 aliphatic heterocycles. The van der Waals surface area contributed by atoms with Gasteiger partial charge in [0.05, 0.1) is 36.4 Å². The summed E-state index contributed by atoms with van der Waals surface area (Å²) in [6.07, 6.45) is 5.69. The number of hydrogen-bond donors (Lipinski definition) is 4. The molecule has 0 spiro atoms. The summed E-state index contributed by atoms with van der Waals surface area (Å²) in [5, 5.41) is 43.2. The predicted octanol–water partition coefficient (Wildman–Crippen LogP) is 4.13. The highest BCUT2D eigenvalue weighted by Crippen LogP contribution is 2.37. The second-order valence-electron chi connectivity index (χ2n) is 15.7. The number of cyclic esters (lactones) is 1. The summed E-state index contributed by atoms with van der Waals surface area (Å²) >= 11 is 0. The summed E-state index contributed by atoms with van der Waals surface area (Å²) in [7, 11) is 0. The van der Waals surface area contributed by atoms with Crippen molar-refractivity contribution < 1.29 is 44.2 Å². The van der Waals surface area contributed by atoms with Gasteiger partial charge in [-0.25, -0.2) is 4.79 Å². The Kier molecular flexibility index (Phi) is 13.9. The van der Waals surface area contributed by atoms with Gasteiger partial charge >= 0.3 is 12.1 Å². The lowest BCUT2D eigenvalue weighted by Crippen LogP contribution is -2.55. The van der Waals surface area contributed by atoms with Gasteiger partial charge in [-0.3, -0.25) is 9.69 Å². The summed E-state index contributed by atoms with van der Waals surface area (Å²) in [6, 6.07) is 0. The minimum Gasteiger partial charge on any atom is -0.457 e. The zero-order valence-corrected chi connectivity index (χ0v) is 30.6. The van der Waals surface area contributed by atoms with Crippen molar-refractivity contribution in [3.8, 4) is 0 Å². The van der Waals surface area contributed by atoms with Crippen LogP contribution in [0.4, 0.5) is 4.79 Å². The molecular weight excluding hydrogens is 616 g/mol. The molecule has 3 heterocycles. The molecule has 0 aliphatic carbocycles. The molecule has 0 saturated carbocycles. The number of esters is 1. The Morgan fingerprint density at radius 1 is 1.19 bits per heavy atom. The Balaban J connectivity index is 1.74. The molecule has 2 saturated heterocycles. The fourth-order valence-corrected chi connectivity index (χ4v) is 6.55. The van der Waals surface area contributed by atoms with E-state index in [-0.39, 0.29) is 48.8 Å². The van der Waals surface area contributed by atoms with Crippen LogP contribution in [-0.2, 0) is 19.0 Å². The number of piperazine rings is 1. The van der Waals surface area contributed by atoms with Crippen LogP contribution in [0.1, 0.15) is 94.4 Å². The Bertz CT molecular complexity index is 1170. The van der Waals surface area contributed by atoms with E-state index in [1.165, 1.54) is 0 Å². The van der Waals surface area contributed by atoms with Crippen molar-refractivity contribution in [3.05, 3.63) is 36.0 Å². The maximum atomic E-state index is 13.3. The number of ether oxygens (including phenoxy) is 3. The Morgan fingerprint density at radius 2 is 1.83 bits per heavy atom. The Morgan fingerprint density at radius 3 is 2.44 bits per heavy atom. The van der Waals surface area contributed by atoms with Crippen molar-refractivity contribution in [2.45, 2.75) is 148 Å².